The molecule has 0 aromatic carbocycles. The summed E-state index contributed by atoms with van der Waals surface area (Å²) in [5, 5.41) is 0. The minimum atomic E-state index is 0.784. The average molecular weight is 186 g/mol. The number of piperidine rings is 1. The first-order valence-corrected chi connectivity index (χ1v) is 5.03. The minimum absolute atomic E-state index is 0.784. The van der Waals surface area contributed by atoms with Gasteiger partial charge in [0, 0.05) is 6.54 Å². The highest BCUT2D eigenvalue weighted by Crippen LogP contribution is 2.16. The van der Waals surface area contributed by atoms with E-state index in [1.807, 2.05) is 0 Å². The van der Waals surface area contributed by atoms with Gasteiger partial charge in [-0.2, -0.15) is 0 Å². The molecule has 0 amide bonds. The molecule has 0 bridgehead atoms. The zero-order chi connectivity index (χ0) is 9.68. The van der Waals surface area contributed by atoms with Crippen molar-refractivity contribution in [2.75, 3.05) is 40.4 Å². The van der Waals surface area contributed by atoms with Crippen LogP contribution >= 0.6 is 0 Å². The Kier molecular flexibility index (Phi) is 4.66. The largest absolute Gasteiger partial charge is 0.306 e. The standard InChI is InChI=1S/C9H22N4/c1-12-5-3-9(4-6-12)7-13(2)8-11-10/h9,11H,3-8,10H2,1-2H3. The van der Waals surface area contributed by atoms with Gasteiger partial charge in [-0.25, -0.2) is 5.43 Å². The van der Waals surface area contributed by atoms with E-state index in [9.17, 15) is 0 Å². The van der Waals surface area contributed by atoms with E-state index in [-0.39, 0.29) is 0 Å². The van der Waals surface area contributed by atoms with Crippen LogP contribution in [0.25, 0.3) is 0 Å². The highest BCUT2D eigenvalue weighted by Gasteiger charge is 2.17. The molecule has 0 aromatic rings. The quantitative estimate of drug-likeness (QED) is 0.359. The molecule has 1 rings (SSSR count). The third-order valence-electron chi connectivity index (χ3n) is 2.77. The summed E-state index contributed by atoms with van der Waals surface area (Å²) >= 11 is 0. The second kappa shape index (κ2) is 5.54. The van der Waals surface area contributed by atoms with Crippen molar-refractivity contribution in [1.29, 1.82) is 0 Å². The maximum Gasteiger partial charge on any atom is 0.0610 e. The molecular formula is C9H22N4. The van der Waals surface area contributed by atoms with Crippen LogP contribution in [0.1, 0.15) is 12.8 Å². The molecule has 0 aromatic heterocycles. The van der Waals surface area contributed by atoms with Gasteiger partial charge in [0.15, 0.2) is 0 Å². The monoisotopic (exact) mass is 186 g/mol. The zero-order valence-corrected chi connectivity index (χ0v) is 8.79. The minimum Gasteiger partial charge on any atom is -0.306 e. The van der Waals surface area contributed by atoms with Crippen LogP contribution in [-0.4, -0.2) is 50.2 Å². The van der Waals surface area contributed by atoms with Gasteiger partial charge in [-0.1, -0.05) is 0 Å². The fourth-order valence-corrected chi connectivity index (χ4v) is 1.91. The molecule has 1 aliphatic rings. The van der Waals surface area contributed by atoms with E-state index in [0.717, 1.165) is 19.1 Å². The molecule has 4 heteroatoms. The lowest BCUT2D eigenvalue weighted by atomic mass is 9.97. The Morgan fingerprint density at radius 3 is 2.62 bits per heavy atom. The summed E-state index contributed by atoms with van der Waals surface area (Å²) in [5.41, 5.74) is 2.68. The fourth-order valence-electron chi connectivity index (χ4n) is 1.91. The molecule has 0 unspecified atom stereocenters. The lowest BCUT2D eigenvalue weighted by molar-refractivity contribution is 0.171. The molecule has 0 spiro atoms. The molecule has 13 heavy (non-hydrogen) atoms. The lowest BCUT2D eigenvalue weighted by Crippen LogP contribution is -2.40. The number of hydrogen-bond donors (Lipinski definition) is 2. The summed E-state index contributed by atoms with van der Waals surface area (Å²) in [4.78, 5) is 4.65. The van der Waals surface area contributed by atoms with Crippen LogP contribution in [0.15, 0.2) is 0 Å². The maximum atomic E-state index is 5.26. The summed E-state index contributed by atoms with van der Waals surface area (Å²) in [5.74, 6) is 6.11. The Bertz CT molecular complexity index is 132. The first-order chi connectivity index (χ1) is 6.22. The molecule has 0 aliphatic carbocycles. The molecule has 78 valence electrons. The molecule has 0 saturated carbocycles. The van der Waals surface area contributed by atoms with Gasteiger partial charge < -0.3 is 4.90 Å². The van der Waals surface area contributed by atoms with Crippen molar-refractivity contribution in [1.82, 2.24) is 15.2 Å². The number of nitrogens with zero attached hydrogens (tertiary/aromatic N) is 2. The average Bonchev–Trinajstić information content (AvgIpc) is 2.09. The van der Waals surface area contributed by atoms with Crippen molar-refractivity contribution < 1.29 is 0 Å². The van der Waals surface area contributed by atoms with E-state index >= 15 is 0 Å². The highest BCUT2D eigenvalue weighted by atomic mass is 15.3. The predicted octanol–water partition coefficient (Wildman–Crippen LogP) is -0.319. The second-order valence-electron chi connectivity index (χ2n) is 4.15. The van der Waals surface area contributed by atoms with Crippen molar-refractivity contribution in [2.45, 2.75) is 12.8 Å². The molecule has 3 N–H and O–H groups in total. The Morgan fingerprint density at radius 2 is 2.08 bits per heavy atom. The van der Waals surface area contributed by atoms with Gasteiger partial charge in [0.1, 0.15) is 0 Å². The number of hydrazine groups is 1. The van der Waals surface area contributed by atoms with Gasteiger partial charge >= 0.3 is 0 Å². The number of nitrogens with one attached hydrogen (secondary N) is 1. The molecule has 4 nitrogen and oxygen atoms in total. The zero-order valence-electron chi connectivity index (χ0n) is 8.79. The van der Waals surface area contributed by atoms with Crippen LogP contribution in [0, 0.1) is 5.92 Å². The van der Waals surface area contributed by atoms with Crippen molar-refractivity contribution >= 4 is 0 Å². The summed E-state index contributed by atoms with van der Waals surface area (Å²) in [6.45, 7) is 4.44. The molecule has 0 atom stereocenters. The van der Waals surface area contributed by atoms with E-state index in [2.05, 4.69) is 29.3 Å². The van der Waals surface area contributed by atoms with Crippen LogP contribution in [0.5, 0.6) is 0 Å². The number of hydrogen-bond acceptors (Lipinski definition) is 4. The third-order valence-corrected chi connectivity index (χ3v) is 2.77. The molecule has 1 saturated heterocycles. The normalized spacial score (nSPS) is 21.2. The molecule has 1 fully saturated rings. The number of likely N-dealkylation sites (tertiary alicyclic amines) is 1. The third kappa shape index (κ3) is 4.04. The van der Waals surface area contributed by atoms with Gasteiger partial charge in [0.2, 0.25) is 0 Å². The van der Waals surface area contributed by atoms with Gasteiger partial charge in [0.25, 0.3) is 0 Å². The van der Waals surface area contributed by atoms with Gasteiger partial charge in [-0.3, -0.25) is 10.7 Å². The Hall–Kier alpha value is -0.160. The Balaban J connectivity index is 2.14. The predicted molar refractivity (Wildman–Crippen MR) is 55.0 cm³/mol. The van der Waals surface area contributed by atoms with E-state index in [4.69, 9.17) is 5.84 Å². The molecule has 1 heterocycles. The molecular weight excluding hydrogens is 164 g/mol. The van der Waals surface area contributed by atoms with Gasteiger partial charge in [-0.05, 0) is 45.9 Å². The highest BCUT2D eigenvalue weighted by molar-refractivity contribution is 4.71. The van der Waals surface area contributed by atoms with E-state index in [0.29, 0.717) is 0 Å². The molecule has 1 aliphatic heterocycles. The number of nitrogens with two attached hydrogens (primary N) is 1. The van der Waals surface area contributed by atoms with Crippen LogP contribution in [0.4, 0.5) is 0 Å². The van der Waals surface area contributed by atoms with Crippen molar-refractivity contribution in [3.05, 3.63) is 0 Å². The van der Waals surface area contributed by atoms with E-state index in [1.165, 1.54) is 25.9 Å². The SMILES string of the molecule is CN1CCC(CN(C)CNN)CC1. The summed E-state index contributed by atoms with van der Waals surface area (Å²) in [6, 6.07) is 0. The van der Waals surface area contributed by atoms with Gasteiger partial charge in [-0.15, -0.1) is 0 Å². The molecule has 0 radical (unpaired) electrons. The lowest BCUT2D eigenvalue weighted by Gasteiger charge is -2.31. The van der Waals surface area contributed by atoms with Crippen LogP contribution < -0.4 is 11.3 Å². The first kappa shape index (κ1) is 10.9. The summed E-state index contributed by atoms with van der Waals surface area (Å²) < 4.78 is 0. The van der Waals surface area contributed by atoms with Crippen molar-refractivity contribution in [3.8, 4) is 0 Å². The van der Waals surface area contributed by atoms with Crippen LogP contribution in [0.2, 0.25) is 0 Å². The summed E-state index contributed by atoms with van der Waals surface area (Å²) in [7, 11) is 4.31. The second-order valence-corrected chi connectivity index (χ2v) is 4.15. The Labute approximate surface area is 81.0 Å². The van der Waals surface area contributed by atoms with Crippen molar-refractivity contribution in [3.63, 3.8) is 0 Å². The van der Waals surface area contributed by atoms with Gasteiger partial charge in [0.05, 0.1) is 6.67 Å². The van der Waals surface area contributed by atoms with E-state index in [1.54, 1.807) is 0 Å². The van der Waals surface area contributed by atoms with Crippen molar-refractivity contribution in [2.24, 2.45) is 11.8 Å². The fraction of sp³-hybridized carbons (Fsp3) is 1.00. The van der Waals surface area contributed by atoms with Crippen LogP contribution in [-0.2, 0) is 0 Å². The maximum absolute atomic E-state index is 5.26. The summed E-state index contributed by atoms with van der Waals surface area (Å²) in [6.07, 6.45) is 2.65. The van der Waals surface area contributed by atoms with Crippen LogP contribution in [0.3, 0.4) is 0 Å². The smallest absolute Gasteiger partial charge is 0.0610 e. The number of rotatable bonds is 4. The van der Waals surface area contributed by atoms with E-state index < -0.39 is 0 Å². The first-order valence-electron chi connectivity index (χ1n) is 5.03. The Morgan fingerprint density at radius 1 is 1.46 bits per heavy atom. The topological polar surface area (TPSA) is 44.5 Å².